The summed E-state index contributed by atoms with van der Waals surface area (Å²) >= 11 is 6.56. The van der Waals surface area contributed by atoms with Crippen LogP contribution in [0, 0.1) is 11.3 Å². The van der Waals surface area contributed by atoms with Crippen molar-refractivity contribution in [2.24, 2.45) is 11.3 Å². The van der Waals surface area contributed by atoms with Crippen LogP contribution in [0.25, 0.3) is 0 Å². The van der Waals surface area contributed by atoms with E-state index >= 15 is 0 Å². The van der Waals surface area contributed by atoms with E-state index in [4.69, 9.17) is 16.3 Å². The highest BCUT2D eigenvalue weighted by Crippen LogP contribution is 2.44. The lowest BCUT2D eigenvalue weighted by molar-refractivity contribution is -0.147. The molecule has 1 fully saturated rings. The Balaban J connectivity index is 1.77. The summed E-state index contributed by atoms with van der Waals surface area (Å²) in [5.41, 5.74) is 3.84. The second kappa shape index (κ2) is 12.2. The lowest BCUT2D eigenvalue weighted by Gasteiger charge is -2.34. The molecule has 4 rings (SSSR count). The Kier molecular flexibility index (Phi) is 9.13. The molecule has 7 nitrogen and oxygen atoms in total. The molecule has 40 heavy (non-hydrogen) atoms. The molecule has 1 saturated heterocycles. The number of hydrogen-bond donors (Lipinski definition) is 1. The van der Waals surface area contributed by atoms with Gasteiger partial charge in [-0.25, -0.2) is 0 Å². The standard InChI is InChI=1S/C32H41ClN2O5/c1-6-20-8-7-9-24(29(20)40-5)27-18-35(19-28(36)34-14-12-21(13-15-34)31(38)39)30(37)26(17-32(2,3)4)23-11-10-22(33)16-25(23)27/h7-11,16,21,26-27H,6,12-15,17-19H2,1-5H3,(H,38,39). The van der Waals surface area contributed by atoms with Crippen LogP contribution in [0.1, 0.15) is 81.0 Å². The molecular weight excluding hydrogens is 528 g/mol. The van der Waals surface area contributed by atoms with Crippen molar-refractivity contribution >= 4 is 29.4 Å². The minimum atomic E-state index is -0.817. The van der Waals surface area contributed by atoms with Crippen LogP contribution in [0.2, 0.25) is 5.02 Å². The molecule has 2 aliphatic rings. The minimum Gasteiger partial charge on any atom is -0.496 e. The van der Waals surface area contributed by atoms with Gasteiger partial charge in [0, 0.05) is 36.1 Å². The van der Waals surface area contributed by atoms with Gasteiger partial charge in [0.1, 0.15) is 5.75 Å². The molecule has 2 aliphatic heterocycles. The zero-order valence-electron chi connectivity index (χ0n) is 24.2. The number of hydrogen-bond acceptors (Lipinski definition) is 4. The summed E-state index contributed by atoms with van der Waals surface area (Å²) in [7, 11) is 1.67. The SMILES string of the molecule is CCc1cccc(C2CN(CC(=O)N3CCC(C(=O)O)CC3)C(=O)C(CC(C)(C)C)c3ccc(Cl)cc32)c1OC. The molecule has 0 saturated carbocycles. The monoisotopic (exact) mass is 568 g/mol. The van der Waals surface area contributed by atoms with Crippen molar-refractivity contribution in [2.75, 3.05) is 33.3 Å². The Hall–Kier alpha value is -3.06. The van der Waals surface area contributed by atoms with Crippen LogP contribution < -0.4 is 4.74 Å². The maximum Gasteiger partial charge on any atom is 0.306 e. The molecule has 2 heterocycles. The van der Waals surface area contributed by atoms with Gasteiger partial charge in [-0.05, 0) is 59.9 Å². The number of likely N-dealkylation sites (tertiary alicyclic amines) is 1. The summed E-state index contributed by atoms with van der Waals surface area (Å²) < 4.78 is 5.92. The number of methoxy groups -OCH3 is 1. The van der Waals surface area contributed by atoms with Crippen LogP contribution in [0.15, 0.2) is 36.4 Å². The van der Waals surface area contributed by atoms with Crippen molar-refractivity contribution in [3.63, 3.8) is 0 Å². The number of fused-ring (bicyclic) bond motifs is 1. The van der Waals surface area contributed by atoms with Crippen LogP contribution in [0.5, 0.6) is 5.75 Å². The van der Waals surface area contributed by atoms with E-state index in [-0.39, 0.29) is 29.7 Å². The second-order valence-corrected chi connectivity index (χ2v) is 12.7. The van der Waals surface area contributed by atoms with Crippen LogP contribution >= 0.6 is 11.6 Å². The van der Waals surface area contributed by atoms with E-state index in [9.17, 15) is 19.5 Å². The molecule has 0 bridgehead atoms. The first-order chi connectivity index (χ1) is 18.9. The Morgan fingerprint density at radius 3 is 2.38 bits per heavy atom. The van der Waals surface area contributed by atoms with E-state index in [1.54, 1.807) is 16.9 Å². The van der Waals surface area contributed by atoms with Crippen molar-refractivity contribution in [1.29, 1.82) is 0 Å². The van der Waals surface area contributed by atoms with E-state index < -0.39 is 17.8 Å². The number of carbonyl (C=O) groups excluding carboxylic acids is 2. The van der Waals surface area contributed by atoms with Crippen molar-refractivity contribution < 1.29 is 24.2 Å². The molecule has 0 radical (unpaired) electrons. The fraction of sp³-hybridized carbons (Fsp3) is 0.531. The maximum atomic E-state index is 14.3. The first-order valence-electron chi connectivity index (χ1n) is 14.2. The Morgan fingerprint density at radius 1 is 1.07 bits per heavy atom. The van der Waals surface area contributed by atoms with Crippen molar-refractivity contribution in [2.45, 2.75) is 65.2 Å². The fourth-order valence-electron chi connectivity index (χ4n) is 6.19. The summed E-state index contributed by atoms with van der Waals surface area (Å²) in [6.45, 7) is 9.47. The van der Waals surface area contributed by atoms with Gasteiger partial charge in [-0.3, -0.25) is 14.4 Å². The molecule has 1 N–H and O–H groups in total. The molecule has 2 atom stereocenters. The van der Waals surface area contributed by atoms with E-state index in [1.165, 1.54) is 0 Å². The third-order valence-electron chi connectivity index (χ3n) is 8.24. The molecule has 2 aromatic rings. The lowest BCUT2D eigenvalue weighted by Crippen LogP contribution is -2.48. The number of nitrogens with zero attached hydrogens (tertiary/aromatic N) is 2. The van der Waals surface area contributed by atoms with E-state index in [1.807, 2.05) is 36.4 Å². The Labute approximate surface area is 242 Å². The molecule has 216 valence electrons. The average Bonchev–Trinajstić information content (AvgIpc) is 3.02. The zero-order valence-corrected chi connectivity index (χ0v) is 25.0. The smallest absolute Gasteiger partial charge is 0.306 e. The van der Waals surface area contributed by atoms with Crippen LogP contribution in [-0.4, -0.2) is 66.0 Å². The second-order valence-electron chi connectivity index (χ2n) is 12.2. The lowest BCUT2D eigenvalue weighted by atomic mass is 9.78. The number of aryl methyl sites for hydroxylation is 1. The number of ether oxygens (including phenoxy) is 1. The molecule has 2 unspecified atom stereocenters. The molecule has 2 aromatic carbocycles. The van der Waals surface area contributed by atoms with Gasteiger partial charge in [0.15, 0.2) is 0 Å². The summed E-state index contributed by atoms with van der Waals surface area (Å²) in [6, 6.07) is 11.9. The number of benzene rings is 2. The third-order valence-corrected chi connectivity index (χ3v) is 8.47. The number of halogens is 1. The molecule has 0 aliphatic carbocycles. The average molecular weight is 569 g/mol. The first kappa shape index (κ1) is 29.9. The van der Waals surface area contributed by atoms with E-state index in [0.29, 0.717) is 43.9 Å². The molecule has 0 spiro atoms. The highest BCUT2D eigenvalue weighted by Gasteiger charge is 2.40. The molecule has 2 amide bonds. The van der Waals surface area contributed by atoms with Crippen LogP contribution in [0.3, 0.4) is 0 Å². The van der Waals surface area contributed by atoms with E-state index in [2.05, 4.69) is 27.7 Å². The van der Waals surface area contributed by atoms with Gasteiger partial charge in [-0.2, -0.15) is 0 Å². The van der Waals surface area contributed by atoms with E-state index in [0.717, 1.165) is 34.4 Å². The van der Waals surface area contributed by atoms with Crippen molar-refractivity contribution in [3.05, 3.63) is 63.7 Å². The van der Waals surface area contributed by atoms with Gasteiger partial charge in [0.05, 0.1) is 25.5 Å². The van der Waals surface area contributed by atoms with Crippen molar-refractivity contribution in [3.8, 4) is 5.75 Å². The minimum absolute atomic E-state index is 0.0504. The number of carbonyl (C=O) groups is 3. The zero-order chi connectivity index (χ0) is 29.2. The van der Waals surface area contributed by atoms with Gasteiger partial charge >= 0.3 is 5.97 Å². The number of carboxylic acid groups (broad SMARTS) is 1. The number of para-hydroxylation sites is 1. The summed E-state index contributed by atoms with van der Waals surface area (Å²) in [5, 5.41) is 9.96. The number of aliphatic carboxylic acids is 1. The van der Waals surface area contributed by atoms with Gasteiger partial charge < -0.3 is 19.6 Å². The number of rotatable bonds is 7. The first-order valence-corrected chi connectivity index (χ1v) is 14.6. The summed E-state index contributed by atoms with van der Waals surface area (Å²) in [6.07, 6.45) is 2.27. The Morgan fingerprint density at radius 2 is 1.77 bits per heavy atom. The third kappa shape index (κ3) is 6.46. The van der Waals surface area contributed by atoms with Gasteiger partial charge in [0.25, 0.3) is 0 Å². The highest BCUT2D eigenvalue weighted by atomic mass is 35.5. The molecule has 8 heteroatoms. The molecular formula is C32H41ClN2O5. The summed E-state index contributed by atoms with van der Waals surface area (Å²) in [4.78, 5) is 42.6. The van der Waals surface area contributed by atoms with Gasteiger partial charge in [-0.15, -0.1) is 0 Å². The van der Waals surface area contributed by atoms with Gasteiger partial charge in [0.2, 0.25) is 11.8 Å². The number of carboxylic acids is 1. The number of amides is 2. The van der Waals surface area contributed by atoms with Gasteiger partial charge in [-0.1, -0.05) is 63.6 Å². The molecule has 0 aromatic heterocycles. The quantitative estimate of drug-likeness (QED) is 0.461. The largest absolute Gasteiger partial charge is 0.496 e. The van der Waals surface area contributed by atoms with Crippen molar-refractivity contribution in [1.82, 2.24) is 9.80 Å². The fourth-order valence-corrected chi connectivity index (χ4v) is 6.37. The maximum absolute atomic E-state index is 14.3. The predicted molar refractivity (Wildman–Crippen MR) is 156 cm³/mol. The number of piperidine rings is 1. The highest BCUT2D eigenvalue weighted by molar-refractivity contribution is 6.30. The topological polar surface area (TPSA) is 87.2 Å². The van der Waals surface area contributed by atoms with Crippen LogP contribution in [-0.2, 0) is 20.8 Å². The Bertz CT molecular complexity index is 1260. The van der Waals surface area contributed by atoms with Crippen LogP contribution in [0.4, 0.5) is 0 Å². The summed E-state index contributed by atoms with van der Waals surface area (Å²) in [5.74, 6) is -1.34. The predicted octanol–water partition coefficient (Wildman–Crippen LogP) is 5.73. The normalized spacial score (nSPS) is 20.2.